The quantitative estimate of drug-likeness (QED) is 0.876. The van der Waals surface area contributed by atoms with Crippen molar-refractivity contribution in [2.45, 2.75) is 39.2 Å². The van der Waals surface area contributed by atoms with E-state index in [9.17, 15) is 4.79 Å². The number of rotatable bonds is 2. The first-order chi connectivity index (χ1) is 8.97. The van der Waals surface area contributed by atoms with Crippen molar-refractivity contribution in [3.63, 3.8) is 0 Å². The molecule has 1 fully saturated rings. The molecule has 4 nitrogen and oxygen atoms in total. The molecule has 1 aromatic heterocycles. The molecule has 3 N–H and O–H groups in total. The minimum atomic E-state index is -0.232. The van der Waals surface area contributed by atoms with E-state index >= 15 is 0 Å². The Kier molecular flexibility index (Phi) is 4.30. The first kappa shape index (κ1) is 14.1. The number of halogens is 1. The molecule has 3 unspecified atom stereocenters. The zero-order chi connectivity index (χ0) is 14.0. The van der Waals surface area contributed by atoms with Crippen molar-refractivity contribution in [2.24, 2.45) is 11.8 Å². The van der Waals surface area contributed by atoms with Crippen LogP contribution in [-0.4, -0.2) is 16.9 Å². The van der Waals surface area contributed by atoms with Gasteiger partial charge in [0.15, 0.2) is 0 Å². The SMILES string of the molecule is CC1CCC(NC(=O)c2nc(N)ccc2Cl)CC1C. The lowest BCUT2D eigenvalue weighted by atomic mass is 9.79. The van der Waals surface area contributed by atoms with Gasteiger partial charge < -0.3 is 11.1 Å². The van der Waals surface area contributed by atoms with Crippen molar-refractivity contribution in [3.05, 3.63) is 22.8 Å². The van der Waals surface area contributed by atoms with Gasteiger partial charge in [0.05, 0.1) is 5.02 Å². The Balaban J connectivity index is 2.03. The van der Waals surface area contributed by atoms with E-state index in [1.807, 2.05) is 0 Å². The summed E-state index contributed by atoms with van der Waals surface area (Å²) in [7, 11) is 0. The summed E-state index contributed by atoms with van der Waals surface area (Å²) >= 11 is 5.98. The van der Waals surface area contributed by atoms with Crippen molar-refractivity contribution in [3.8, 4) is 0 Å². The average Bonchev–Trinajstić information content (AvgIpc) is 2.36. The average molecular weight is 282 g/mol. The predicted octanol–water partition coefficient (Wildman–Crippen LogP) is 2.87. The number of pyridine rings is 1. The van der Waals surface area contributed by atoms with Crippen LogP contribution < -0.4 is 11.1 Å². The summed E-state index contributed by atoms with van der Waals surface area (Å²) in [6.45, 7) is 4.49. The molecule has 104 valence electrons. The zero-order valence-corrected chi connectivity index (χ0v) is 12.1. The van der Waals surface area contributed by atoms with Gasteiger partial charge >= 0.3 is 0 Å². The third-order valence-electron chi connectivity index (χ3n) is 4.02. The molecule has 0 aliphatic heterocycles. The molecule has 0 spiro atoms. The van der Waals surface area contributed by atoms with Crippen molar-refractivity contribution in [1.82, 2.24) is 10.3 Å². The second kappa shape index (κ2) is 5.78. The largest absolute Gasteiger partial charge is 0.384 e. The summed E-state index contributed by atoms with van der Waals surface area (Å²) in [5, 5.41) is 3.35. The number of nitrogens with two attached hydrogens (primary N) is 1. The minimum Gasteiger partial charge on any atom is -0.384 e. The van der Waals surface area contributed by atoms with Crippen LogP contribution in [0, 0.1) is 11.8 Å². The molecule has 1 aromatic rings. The lowest BCUT2D eigenvalue weighted by Crippen LogP contribution is -2.40. The molecule has 2 rings (SSSR count). The van der Waals surface area contributed by atoms with Crippen LogP contribution in [0.1, 0.15) is 43.6 Å². The lowest BCUT2D eigenvalue weighted by Gasteiger charge is -2.32. The Bertz CT molecular complexity index is 478. The highest BCUT2D eigenvalue weighted by Gasteiger charge is 2.26. The maximum atomic E-state index is 12.2. The van der Waals surface area contributed by atoms with Crippen LogP contribution in [0.4, 0.5) is 5.82 Å². The first-order valence-corrected chi connectivity index (χ1v) is 7.08. The number of nitrogens with zero attached hydrogens (tertiary/aromatic N) is 1. The molecule has 1 aliphatic carbocycles. The van der Waals surface area contributed by atoms with Crippen molar-refractivity contribution in [1.29, 1.82) is 0 Å². The number of carbonyl (C=O) groups is 1. The number of nitrogens with one attached hydrogen (secondary N) is 1. The molecule has 1 amide bonds. The minimum absolute atomic E-state index is 0.206. The van der Waals surface area contributed by atoms with Gasteiger partial charge in [0.1, 0.15) is 11.5 Å². The molecule has 1 heterocycles. The molecule has 1 aliphatic rings. The molecule has 5 heteroatoms. The van der Waals surface area contributed by atoms with Gasteiger partial charge in [-0.25, -0.2) is 4.98 Å². The van der Waals surface area contributed by atoms with Crippen LogP contribution in [-0.2, 0) is 0 Å². The highest BCUT2D eigenvalue weighted by molar-refractivity contribution is 6.33. The van der Waals surface area contributed by atoms with Gasteiger partial charge in [-0.1, -0.05) is 25.4 Å². The topological polar surface area (TPSA) is 68.0 Å². The maximum Gasteiger partial charge on any atom is 0.271 e. The number of anilines is 1. The second-order valence-electron chi connectivity index (χ2n) is 5.50. The number of aromatic nitrogens is 1. The Morgan fingerprint density at radius 3 is 2.79 bits per heavy atom. The molecule has 19 heavy (non-hydrogen) atoms. The van der Waals surface area contributed by atoms with Gasteiger partial charge in [-0.2, -0.15) is 0 Å². The van der Waals surface area contributed by atoms with Gasteiger partial charge in [0, 0.05) is 6.04 Å². The van der Waals surface area contributed by atoms with E-state index < -0.39 is 0 Å². The summed E-state index contributed by atoms with van der Waals surface area (Å²) in [4.78, 5) is 16.2. The van der Waals surface area contributed by atoms with Gasteiger partial charge in [0.2, 0.25) is 0 Å². The van der Waals surface area contributed by atoms with Gasteiger partial charge in [0.25, 0.3) is 5.91 Å². The van der Waals surface area contributed by atoms with E-state index in [4.69, 9.17) is 17.3 Å². The molecular weight excluding hydrogens is 262 g/mol. The third kappa shape index (κ3) is 3.38. The Morgan fingerprint density at radius 1 is 1.37 bits per heavy atom. The van der Waals surface area contributed by atoms with E-state index in [1.54, 1.807) is 12.1 Å². The summed E-state index contributed by atoms with van der Waals surface area (Å²) in [5.41, 5.74) is 5.80. The molecule has 3 atom stereocenters. The van der Waals surface area contributed by atoms with E-state index in [2.05, 4.69) is 24.1 Å². The molecule has 0 radical (unpaired) electrons. The fraction of sp³-hybridized carbons (Fsp3) is 0.571. The standard InChI is InChI=1S/C14H20ClN3O/c1-8-3-4-10(7-9(8)2)17-14(19)13-11(15)5-6-12(16)18-13/h5-6,8-10H,3-4,7H2,1-2H3,(H2,16,18)(H,17,19). The fourth-order valence-corrected chi connectivity index (χ4v) is 2.74. The van der Waals surface area contributed by atoms with E-state index in [0.717, 1.165) is 25.2 Å². The molecule has 1 saturated carbocycles. The van der Waals surface area contributed by atoms with Gasteiger partial charge in [-0.15, -0.1) is 0 Å². The molecule has 0 aromatic carbocycles. The van der Waals surface area contributed by atoms with Crippen LogP contribution in [0.25, 0.3) is 0 Å². The first-order valence-electron chi connectivity index (χ1n) is 6.70. The predicted molar refractivity (Wildman–Crippen MR) is 77.1 cm³/mol. The highest BCUT2D eigenvalue weighted by atomic mass is 35.5. The maximum absolute atomic E-state index is 12.2. The Hall–Kier alpha value is -1.29. The summed E-state index contributed by atoms with van der Waals surface area (Å²) in [5.74, 6) is 1.43. The summed E-state index contributed by atoms with van der Waals surface area (Å²) in [6.07, 6.45) is 3.16. The van der Waals surface area contributed by atoms with Crippen LogP contribution >= 0.6 is 11.6 Å². The number of carbonyl (C=O) groups excluding carboxylic acids is 1. The number of nitrogen functional groups attached to an aromatic ring is 1. The van der Waals surface area contributed by atoms with E-state index in [-0.39, 0.29) is 17.6 Å². The lowest BCUT2D eigenvalue weighted by molar-refractivity contribution is 0.0906. The highest BCUT2D eigenvalue weighted by Crippen LogP contribution is 2.29. The van der Waals surface area contributed by atoms with Crippen LogP contribution in [0.5, 0.6) is 0 Å². The summed E-state index contributed by atoms with van der Waals surface area (Å²) < 4.78 is 0. The number of hydrogen-bond acceptors (Lipinski definition) is 3. The third-order valence-corrected chi connectivity index (χ3v) is 4.32. The van der Waals surface area contributed by atoms with Crippen molar-refractivity contribution >= 4 is 23.3 Å². The van der Waals surface area contributed by atoms with E-state index in [1.165, 1.54) is 0 Å². The Labute approximate surface area is 118 Å². The number of amides is 1. The smallest absolute Gasteiger partial charge is 0.271 e. The van der Waals surface area contributed by atoms with Crippen LogP contribution in [0.3, 0.4) is 0 Å². The normalized spacial score (nSPS) is 27.0. The Morgan fingerprint density at radius 2 is 2.11 bits per heavy atom. The zero-order valence-electron chi connectivity index (χ0n) is 11.3. The van der Waals surface area contributed by atoms with Crippen LogP contribution in [0.15, 0.2) is 12.1 Å². The van der Waals surface area contributed by atoms with Crippen LogP contribution in [0.2, 0.25) is 5.02 Å². The van der Waals surface area contributed by atoms with E-state index in [0.29, 0.717) is 16.8 Å². The van der Waals surface area contributed by atoms with Gasteiger partial charge in [-0.3, -0.25) is 4.79 Å². The van der Waals surface area contributed by atoms with Gasteiger partial charge in [-0.05, 0) is 43.2 Å². The monoisotopic (exact) mass is 281 g/mol. The second-order valence-corrected chi connectivity index (χ2v) is 5.91. The molecular formula is C14H20ClN3O. The number of hydrogen-bond donors (Lipinski definition) is 2. The molecule has 0 bridgehead atoms. The molecule has 0 saturated heterocycles. The fourth-order valence-electron chi connectivity index (χ4n) is 2.55. The van der Waals surface area contributed by atoms with Crippen molar-refractivity contribution in [2.75, 3.05) is 5.73 Å². The van der Waals surface area contributed by atoms with Crippen molar-refractivity contribution < 1.29 is 4.79 Å². The summed E-state index contributed by atoms with van der Waals surface area (Å²) in [6, 6.07) is 3.39.